The number of aromatic nitrogens is 3. The third-order valence-corrected chi connectivity index (χ3v) is 2.75. The lowest BCUT2D eigenvalue weighted by atomic mass is 10.0. The van der Waals surface area contributed by atoms with Gasteiger partial charge in [0.15, 0.2) is 0 Å². The molecule has 4 nitrogen and oxygen atoms in total. The van der Waals surface area contributed by atoms with Gasteiger partial charge in [-0.3, -0.25) is 0 Å². The lowest BCUT2D eigenvalue weighted by Crippen LogP contribution is -2.25. The summed E-state index contributed by atoms with van der Waals surface area (Å²) in [6.07, 6.45) is 1.45. The van der Waals surface area contributed by atoms with Crippen molar-refractivity contribution in [1.82, 2.24) is 20.7 Å². The number of benzene rings is 1. The topological polar surface area (TPSA) is 53.6 Å². The molecule has 1 unspecified atom stereocenters. The van der Waals surface area contributed by atoms with Crippen LogP contribution in [0.15, 0.2) is 18.3 Å². The molecule has 0 spiro atoms. The van der Waals surface area contributed by atoms with Crippen molar-refractivity contribution in [2.75, 3.05) is 6.54 Å². The Morgan fingerprint density at radius 2 is 2.17 bits per heavy atom. The SMILES string of the molecule is CCNC(c1cn[nH]n1)c1c(F)ccc(C)c1F. The van der Waals surface area contributed by atoms with Crippen molar-refractivity contribution < 1.29 is 8.78 Å². The van der Waals surface area contributed by atoms with Crippen LogP contribution in [0.3, 0.4) is 0 Å². The van der Waals surface area contributed by atoms with Crippen LogP contribution in [-0.4, -0.2) is 22.0 Å². The number of hydrogen-bond donors (Lipinski definition) is 2. The fourth-order valence-electron chi connectivity index (χ4n) is 1.85. The minimum absolute atomic E-state index is 0.0225. The highest BCUT2D eigenvalue weighted by molar-refractivity contribution is 5.33. The summed E-state index contributed by atoms with van der Waals surface area (Å²) in [5.74, 6) is -1.14. The lowest BCUT2D eigenvalue weighted by molar-refractivity contribution is 0.501. The predicted molar refractivity (Wildman–Crippen MR) is 63.0 cm³/mol. The number of aromatic amines is 1. The number of nitrogens with zero attached hydrogens (tertiary/aromatic N) is 2. The quantitative estimate of drug-likeness (QED) is 0.876. The van der Waals surface area contributed by atoms with Crippen LogP contribution in [0.5, 0.6) is 0 Å². The summed E-state index contributed by atoms with van der Waals surface area (Å²) in [5, 5.41) is 13.0. The van der Waals surface area contributed by atoms with E-state index in [4.69, 9.17) is 0 Å². The predicted octanol–water partition coefficient (Wildman–Crippen LogP) is 2.09. The van der Waals surface area contributed by atoms with Gasteiger partial charge in [0.05, 0.1) is 12.2 Å². The zero-order chi connectivity index (χ0) is 13.1. The van der Waals surface area contributed by atoms with Crippen LogP contribution in [0, 0.1) is 18.6 Å². The maximum Gasteiger partial charge on any atom is 0.134 e. The Labute approximate surface area is 103 Å². The number of rotatable bonds is 4. The molecule has 1 aromatic carbocycles. The largest absolute Gasteiger partial charge is 0.305 e. The molecule has 0 amide bonds. The summed E-state index contributed by atoms with van der Waals surface area (Å²) >= 11 is 0. The second-order valence-electron chi connectivity index (χ2n) is 3.98. The molecule has 1 heterocycles. The van der Waals surface area contributed by atoms with Gasteiger partial charge in [0.2, 0.25) is 0 Å². The molecule has 0 aliphatic rings. The molecule has 0 fully saturated rings. The summed E-state index contributed by atoms with van der Waals surface area (Å²) in [4.78, 5) is 0. The molecule has 0 saturated carbocycles. The van der Waals surface area contributed by atoms with E-state index in [2.05, 4.69) is 20.7 Å². The molecule has 96 valence electrons. The van der Waals surface area contributed by atoms with Crippen molar-refractivity contribution in [1.29, 1.82) is 0 Å². The van der Waals surface area contributed by atoms with Crippen molar-refractivity contribution in [2.24, 2.45) is 0 Å². The summed E-state index contributed by atoms with van der Waals surface area (Å²) < 4.78 is 27.9. The molecule has 0 aliphatic carbocycles. The van der Waals surface area contributed by atoms with Crippen molar-refractivity contribution in [2.45, 2.75) is 19.9 Å². The second kappa shape index (κ2) is 5.22. The van der Waals surface area contributed by atoms with Gasteiger partial charge in [-0.05, 0) is 25.1 Å². The highest BCUT2D eigenvalue weighted by atomic mass is 19.1. The third kappa shape index (κ3) is 2.24. The number of H-pyrrole nitrogens is 1. The molecule has 0 saturated heterocycles. The van der Waals surface area contributed by atoms with Crippen LogP contribution in [-0.2, 0) is 0 Å². The number of aryl methyl sites for hydroxylation is 1. The number of halogens is 2. The lowest BCUT2D eigenvalue weighted by Gasteiger charge is -2.18. The summed E-state index contributed by atoms with van der Waals surface area (Å²) in [7, 11) is 0. The first-order chi connectivity index (χ1) is 8.65. The van der Waals surface area contributed by atoms with E-state index in [-0.39, 0.29) is 5.56 Å². The van der Waals surface area contributed by atoms with Crippen molar-refractivity contribution in [3.63, 3.8) is 0 Å². The van der Waals surface area contributed by atoms with E-state index < -0.39 is 17.7 Å². The van der Waals surface area contributed by atoms with E-state index in [0.29, 0.717) is 17.8 Å². The van der Waals surface area contributed by atoms with Crippen LogP contribution in [0.1, 0.15) is 29.8 Å². The molecule has 18 heavy (non-hydrogen) atoms. The molecule has 2 N–H and O–H groups in total. The zero-order valence-electron chi connectivity index (χ0n) is 10.2. The summed E-state index contributed by atoms with van der Waals surface area (Å²) in [5.41, 5.74) is 0.837. The molecular weight excluding hydrogens is 238 g/mol. The normalized spacial score (nSPS) is 12.7. The van der Waals surface area contributed by atoms with Crippen LogP contribution in [0.4, 0.5) is 8.78 Å². The van der Waals surface area contributed by atoms with Gasteiger partial charge in [-0.15, -0.1) is 0 Å². The maximum absolute atomic E-state index is 14.1. The van der Waals surface area contributed by atoms with E-state index in [1.165, 1.54) is 18.3 Å². The highest BCUT2D eigenvalue weighted by Crippen LogP contribution is 2.27. The molecule has 6 heteroatoms. The third-order valence-electron chi connectivity index (χ3n) is 2.75. The van der Waals surface area contributed by atoms with E-state index in [1.54, 1.807) is 6.92 Å². The Bertz CT molecular complexity index is 525. The van der Waals surface area contributed by atoms with Crippen LogP contribution in [0.2, 0.25) is 0 Å². The molecule has 1 aromatic heterocycles. The molecule has 1 atom stereocenters. The van der Waals surface area contributed by atoms with Crippen molar-refractivity contribution in [3.05, 3.63) is 46.8 Å². The molecule has 0 bridgehead atoms. The number of hydrogen-bond acceptors (Lipinski definition) is 3. The standard InChI is InChI=1S/C12H14F2N4/c1-3-15-12(9-6-16-18-17-9)10-8(13)5-4-7(2)11(10)14/h4-6,12,15H,3H2,1-2H3,(H,16,17,18). The fourth-order valence-corrected chi connectivity index (χ4v) is 1.85. The smallest absolute Gasteiger partial charge is 0.134 e. The fraction of sp³-hybridized carbons (Fsp3) is 0.333. The van der Waals surface area contributed by atoms with Gasteiger partial charge in [0.25, 0.3) is 0 Å². The average Bonchev–Trinajstić information content (AvgIpc) is 2.87. The summed E-state index contributed by atoms with van der Waals surface area (Å²) in [6, 6.07) is 2.03. The Hall–Kier alpha value is -1.82. The average molecular weight is 252 g/mol. The molecular formula is C12H14F2N4. The first kappa shape index (κ1) is 12.6. The van der Waals surface area contributed by atoms with Gasteiger partial charge >= 0.3 is 0 Å². The monoisotopic (exact) mass is 252 g/mol. The minimum Gasteiger partial charge on any atom is -0.305 e. The van der Waals surface area contributed by atoms with E-state index in [1.807, 2.05) is 6.92 Å². The molecule has 2 aromatic rings. The molecule has 0 radical (unpaired) electrons. The number of nitrogens with one attached hydrogen (secondary N) is 2. The molecule has 2 rings (SSSR count). The maximum atomic E-state index is 14.1. The van der Waals surface area contributed by atoms with Gasteiger partial charge in [-0.2, -0.15) is 15.4 Å². The Balaban J connectivity index is 2.52. The highest BCUT2D eigenvalue weighted by Gasteiger charge is 2.24. The zero-order valence-corrected chi connectivity index (χ0v) is 10.2. The Kier molecular flexibility index (Phi) is 3.66. The van der Waals surface area contributed by atoms with Crippen LogP contribution < -0.4 is 5.32 Å². The van der Waals surface area contributed by atoms with Crippen molar-refractivity contribution in [3.8, 4) is 0 Å². The van der Waals surface area contributed by atoms with Crippen LogP contribution >= 0.6 is 0 Å². The van der Waals surface area contributed by atoms with Crippen molar-refractivity contribution >= 4 is 0 Å². The first-order valence-corrected chi connectivity index (χ1v) is 5.68. The molecule has 0 aliphatic heterocycles. The van der Waals surface area contributed by atoms with Gasteiger partial charge in [-0.25, -0.2) is 8.78 Å². The van der Waals surface area contributed by atoms with Gasteiger partial charge in [0, 0.05) is 5.56 Å². The van der Waals surface area contributed by atoms with E-state index in [0.717, 1.165) is 0 Å². The van der Waals surface area contributed by atoms with Gasteiger partial charge in [-0.1, -0.05) is 13.0 Å². The summed E-state index contributed by atoms with van der Waals surface area (Å²) in [6.45, 7) is 4.02. The Morgan fingerprint density at radius 3 is 2.78 bits per heavy atom. The van der Waals surface area contributed by atoms with Crippen LogP contribution in [0.25, 0.3) is 0 Å². The van der Waals surface area contributed by atoms with Gasteiger partial charge < -0.3 is 5.32 Å². The van der Waals surface area contributed by atoms with Gasteiger partial charge in [0.1, 0.15) is 17.3 Å². The second-order valence-corrected chi connectivity index (χ2v) is 3.98. The van der Waals surface area contributed by atoms with E-state index in [9.17, 15) is 8.78 Å². The Morgan fingerprint density at radius 1 is 1.39 bits per heavy atom. The van der Waals surface area contributed by atoms with E-state index >= 15 is 0 Å². The first-order valence-electron chi connectivity index (χ1n) is 5.68. The minimum atomic E-state index is -0.645.